The second-order valence-electron chi connectivity index (χ2n) is 3.80. The van der Waals surface area contributed by atoms with Gasteiger partial charge in [0.2, 0.25) is 0 Å². The van der Waals surface area contributed by atoms with Gasteiger partial charge in [-0.2, -0.15) is 5.26 Å². The SMILES string of the molecule is COc1c(O)cc(C2CNCCO2)cc1C#N. The van der Waals surface area contributed by atoms with E-state index in [1.54, 1.807) is 12.1 Å². The Hall–Kier alpha value is -1.77. The average Bonchev–Trinajstić information content (AvgIpc) is 2.38. The van der Waals surface area contributed by atoms with Gasteiger partial charge in [-0.05, 0) is 17.7 Å². The van der Waals surface area contributed by atoms with Gasteiger partial charge in [-0.25, -0.2) is 0 Å². The van der Waals surface area contributed by atoms with Gasteiger partial charge in [0.25, 0.3) is 0 Å². The van der Waals surface area contributed by atoms with Gasteiger partial charge in [0, 0.05) is 13.1 Å². The largest absolute Gasteiger partial charge is 0.504 e. The van der Waals surface area contributed by atoms with Crippen molar-refractivity contribution in [2.24, 2.45) is 0 Å². The Kier molecular flexibility index (Phi) is 3.47. The molecule has 5 nitrogen and oxygen atoms in total. The topological polar surface area (TPSA) is 74.5 Å². The zero-order valence-corrected chi connectivity index (χ0v) is 9.56. The third kappa shape index (κ3) is 2.33. The molecule has 1 heterocycles. The number of rotatable bonds is 2. The van der Waals surface area contributed by atoms with Crippen LogP contribution in [0.15, 0.2) is 12.1 Å². The van der Waals surface area contributed by atoms with E-state index in [-0.39, 0.29) is 17.6 Å². The normalized spacial score (nSPS) is 19.6. The molecule has 1 aliphatic rings. The van der Waals surface area contributed by atoms with E-state index in [4.69, 9.17) is 14.7 Å². The third-order valence-corrected chi connectivity index (χ3v) is 2.72. The fourth-order valence-electron chi connectivity index (χ4n) is 1.90. The number of hydrogen-bond acceptors (Lipinski definition) is 5. The summed E-state index contributed by atoms with van der Waals surface area (Å²) in [5.74, 6) is 0.177. The van der Waals surface area contributed by atoms with Crippen molar-refractivity contribution >= 4 is 0 Å². The number of ether oxygens (including phenoxy) is 2. The van der Waals surface area contributed by atoms with Gasteiger partial charge in [-0.3, -0.25) is 0 Å². The number of nitriles is 1. The summed E-state index contributed by atoms with van der Waals surface area (Å²) in [6, 6.07) is 5.28. The summed E-state index contributed by atoms with van der Waals surface area (Å²) in [5.41, 5.74) is 1.10. The van der Waals surface area contributed by atoms with Crippen LogP contribution < -0.4 is 10.1 Å². The van der Waals surface area contributed by atoms with E-state index in [0.29, 0.717) is 18.7 Å². The Balaban J connectivity index is 2.36. The molecular weight excluding hydrogens is 220 g/mol. The fraction of sp³-hybridized carbons (Fsp3) is 0.417. The van der Waals surface area contributed by atoms with E-state index in [9.17, 15) is 5.11 Å². The highest BCUT2D eigenvalue weighted by molar-refractivity contribution is 5.54. The van der Waals surface area contributed by atoms with Crippen LogP contribution in [-0.4, -0.2) is 31.9 Å². The number of benzene rings is 1. The first-order valence-electron chi connectivity index (χ1n) is 5.39. The van der Waals surface area contributed by atoms with Crippen LogP contribution in [-0.2, 0) is 4.74 Å². The molecule has 2 rings (SSSR count). The average molecular weight is 234 g/mol. The summed E-state index contributed by atoms with van der Waals surface area (Å²) < 4.78 is 10.5. The maximum absolute atomic E-state index is 9.78. The lowest BCUT2D eigenvalue weighted by Crippen LogP contribution is -2.33. The summed E-state index contributed by atoms with van der Waals surface area (Å²) in [6.07, 6.45) is -0.132. The van der Waals surface area contributed by atoms with Crippen molar-refractivity contribution in [2.75, 3.05) is 26.8 Å². The highest BCUT2D eigenvalue weighted by Gasteiger charge is 2.19. The van der Waals surface area contributed by atoms with Crippen LogP contribution in [0.25, 0.3) is 0 Å². The summed E-state index contributed by atoms with van der Waals surface area (Å²) in [7, 11) is 1.42. The lowest BCUT2D eigenvalue weighted by Gasteiger charge is -2.24. The number of morpholine rings is 1. The molecule has 0 aliphatic carbocycles. The number of aromatic hydroxyl groups is 1. The molecule has 1 atom stereocenters. The van der Waals surface area contributed by atoms with Gasteiger partial charge in [-0.15, -0.1) is 0 Å². The Morgan fingerprint density at radius 2 is 2.41 bits per heavy atom. The maximum atomic E-state index is 9.78. The van der Waals surface area contributed by atoms with Crippen LogP contribution in [0.4, 0.5) is 0 Å². The van der Waals surface area contributed by atoms with Crippen molar-refractivity contribution in [3.05, 3.63) is 23.3 Å². The summed E-state index contributed by atoms with van der Waals surface area (Å²) >= 11 is 0. The summed E-state index contributed by atoms with van der Waals surface area (Å²) in [6.45, 7) is 2.12. The van der Waals surface area contributed by atoms with Crippen molar-refractivity contribution in [3.8, 4) is 17.6 Å². The third-order valence-electron chi connectivity index (χ3n) is 2.72. The van der Waals surface area contributed by atoms with E-state index in [2.05, 4.69) is 5.32 Å². The second-order valence-corrected chi connectivity index (χ2v) is 3.80. The number of phenolic OH excluding ortho intramolecular Hbond substituents is 1. The molecule has 1 aromatic rings. The molecule has 0 radical (unpaired) electrons. The van der Waals surface area contributed by atoms with Crippen LogP contribution in [0.3, 0.4) is 0 Å². The van der Waals surface area contributed by atoms with Gasteiger partial charge >= 0.3 is 0 Å². The Morgan fingerprint density at radius 1 is 1.59 bits per heavy atom. The van der Waals surface area contributed by atoms with Crippen molar-refractivity contribution in [1.29, 1.82) is 5.26 Å². The molecule has 5 heteroatoms. The minimum atomic E-state index is -0.132. The molecule has 17 heavy (non-hydrogen) atoms. The molecule has 1 saturated heterocycles. The number of phenols is 1. The predicted molar refractivity (Wildman–Crippen MR) is 60.9 cm³/mol. The standard InChI is InChI=1S/C12H14N2O3/c1-16-12-9(6-13)4-8(5-10(12)15)11-7-14-2-3-17-11/h4-5,11,14-15H,2-3,7H2,1H3. The molecule has 0 spiro atoms. The first-order valence-corrected chi connectivity index (χ1v) is 5.39. The van der Waals surface area contributed by atoms with Crippen molar-refractivity contribution in [2.45, 2.75) is 6.10 Å². The van der Waals surface area contributed by atoms with Crippen LogP contribution in [0.5, 0.6) is 11.5 Å². The number of methoxy groups -OCH3 is 1. The monoisotopic (exact) mass is 234 g/mol. The molecule has 0 bridgehead atoms. The molecule has 1 aliphatic heterocycles. The minimum Gasteiger partial charge on any atom is -0.504 e. The van der Waals surface area contributed by atoms with Gasteiger partial charge in [0.05, 0.1) is 25.4 Å². The molecule has 0 aromatic heterocycles. The van der Waals surface area contributed by atoms with Crippen molar-refractivity contribution < 1.29 is 14.6 Å². The molecule has 1 aromatic carbocycles. The molecule has 0 amide bonds. The number of nitrogens with one attached hydrogen (secondary N) is 1. The first-order chi connectivity index (χ1) is 8.26. The maximum Gasteiger partial charge on any atom is 0.178 e. The minimum absolute atomic E-state index is 0.0317. The first kappa shape index (κ1) is 11.7. The van der Waals surface area contributed by atoms with Crippen molar-refractivity contribution in [3.63, 3.8) is 0 Å². The van der Waals surface area contributed by atoms with Gasteiger partial charge < -0.3 is 19.9 Å². The molecule has 2 N–H and O–H groups in total. The smallest absolute Gasteiger partial charge is 0.178 e. The summed E-state index contributed by atoms with van der Waals surface area (Å²) in [4.78, 5) is 0. The zero-order chi connectivity index (χ0) is 12.3. The number of nitrogens with zero attached hydrogens (tertiary/aromatic N) is 1. The van der Waals surface area contributed by atoms with E-state index < -0.39 is 0 Å². The van der Waals surface area contributed by atoms with Crippen LogP contribution in [0, 0.1) is 11.3 Å². The Bertz CT molecular complexity index is 448. The van der Waals surface area contributed by atoms with E-state index in [1.807, 2.05) is 6.07 Å². The Morgan fingerprint density at radius 3 is 3.00 bits per heavy atom. The summed E-state index contributed by atoms with van der Waals surface area (Å²) in [5, 5.41) is 22.0. The molecule has 1 fully saturated rings. The number of hydrogen-bond donors (Lipinski definition) is 2. The second kappa shape index (κ2) is 5.04. The molecular formula is C12H14N2O3. The highest BCUT2D eigenvalue weighted by Crippen LogP contribution is 2.34. The van der Waals surface area contributed by atoms with E-state index >= 15 is 0 Å². The van der Waals surface area contributed by atoms with Gasteiger partial charge in [0.1, 0.15) is 6.07 Å². The quantitative estimate of drug-likeness (QED) is 0.796. The van der Waals surface area contributed by atoms with E-state index in [1.165, 1.54) is 7.11 Å². The molecule has 0 saturated carbocycles. The predicted octanol–water partition coefficient (Wildman–Crippen LogP) is 0.933. The fourth-order valence-corrected chi connectivity index (χ4v) is 1.90. The lowest BCUT2D eigenvalue weighted by molar-refractivity contribution is 0.0275. The van der Waals surface area contributed by atoms with Crippen LogP contribution >= 0.6 is 0 Å². The lowest BCUT2D eigenvalue weighted by atomic mass is 10.0. The van der Waals surface area contributed by atoms with Crippen LogP contribution in [0.2, 0.25) is 0 Å². The Labute approximate surface area is 99.6 Å². The van der Waals surface area contributed by atoms with Gasteiger partial charge in [0.15, 0.2) is 11.5 Å². The molecule has 1 unspecified atom stereocenters. The highest BCUT2D eigenvalue weighted by atomic mass is 16.5. The van der Waals surface area contributed by atoms with Crippen LogP contribution in [0.1, 0.15) is 17.2 Å². The van der Waals surface area contributed by atoms with Gasteiger partial charge in [-0.1, -0.05) is 0 Å². The molecule has 90 valence electrons. The zero-order valence-electron chi connectivity index (χ0n) is 9.56. The van der Waals surface area contributed by atoms with Crippen molar-refractivity contribution in [1.82, 2.24) is 5.32 Å². The van der Waals surface area contributed by atoms with E-state index in [0.717, 1.165) is 12.1 Å².